The van der Waals surface area contributed by atoms with Gasteiger partial charge in [0.05, 0.1) is 22.3 Å². The number of hydrogen-bond acceptors (Lipinski definition) is 4. The molecule has 0 radical (unpaired) electrons. The van der Waals surface area contributed by atoms with Crippen LogP contribution in [0.25, 0.3) is 16.6 Å². The van der Waals surface area contributed by atoms with Crippen molar-refractivity contribution in [3.05, 3.63) is 63.9 Å². The molecule has 1 N–H and O–H groups in total. The molecule has 1 aromatic heterocycles. The van der Waals surface area contributed by atoms with Crippen LogP contribution in [0.3, 0.4) is 0 Å². The van der Waals surface area contributed by atoms with Gasteiger partial charge in [-0.05, 0) is 43.5 Å². The van der Waals surface area contributed by atoms with Crippen LogP contribution in [0.4, 0.5) is 0 Å². The summed E-state index contributed by atoms with van der Waals surface area (Å²) in [7, 11) is 0. The predicted octanol–water partition coefficient (Wildman–Crippen LogP) is 3.87. The van der Waals surface area contributed by atoms with E-state index in [2.05, 4.69) is 24.1 Å². The second-order valence-corrected chi connectivity index (χ2v) is 8.27. The SMILES string of the molecule is Cc1ccc(-n2c(SCC(=O)NCC(C)C)nc3ccccc3c2=O)c(C)c1. The van der Waals surface area contributed by atoms with E-state index < -0.39 is 0 Å². The van der Waals surface area contributed by atoms with Crippen molar-refractivity contribution in [2.75, 3.05) is 12.3 Å². The first-order valence-electron chi connectivity index (χ1n) is 9.35. The van der Waals surface area contributed by atoms with Crippen molar-refractivity contribution in [1.82, 2.24) is 14.9 Å². The van der Waals surface area contributed by atoms with Crippen molar-refractivity contribution in [2.45, 2.75) is 32.9 Å². The van der Waals surface area contributed by atoms with E-state index in [9.17, 15) is 9.59 Å². The fourth-order valence-corrected chi connectivity index (χ4v) is 3.81. The van der Waals surface area contributed by atoms with Gasteiger partial charge >= 0.3 is 0 Å². The van der Waals surface area contributed by atoms with Crippen molar-refractivity contribution in [3.8, 4) is 5.69 Å². The molecule has 3 aromatic rings. The van der Waals surface area contributed by atoms with Crippen LogP contribution in [0.5, 0.6) is 0 Å². The lowest BCUT2D eigenvalue weighted by atomic mass is 10.1. The minimum atomic E-state index is -0.123. The van der Waals surface area contributed by atoms with Gasteiger partial charge in [-0.2, -0.15) is 0 Å². The maximum atomic E-state index is 13.3. The van der Waals surface area contributed by atoms with E-state index in [0.29, 0.717) is 28.5 Å². The average Bonchev–Trinajstić information content (AvgIpc) is 2.66. The number of carbonyl (C=O) groups is 1. The predicted molar refractivity (Wildman–Crippen MR) is 115 cm³/mol. The van der Waals surface area contributed by atoms with E-state index in [1.54, 1.807) is 10.6 Å². The van der Waals surface area contributed by atoms with Gasteiger partial charge in [0.1, 0.15) is 0 Å². The molecule has 0 saturated heterocycles. The van der Waals surface area contributed by atoms with Gasteiger partial charge in [0, 0.05) is 6.54 Å². The maximum Gasteiger partial charge on any atom is 0.266 e. The highest BCUT2D eigenvalue weighted by Gasteiger charge is 2.16. The van der Waals surface area contributed by atoms with E-state index in [0.717, 1.165) is 16.8 Å². The van der Waals surface area contributed by atoms with Crippen molar-refractivity contribution in [3.63, 3.8) is 0 Å². The fraction of sp³-hybridized carbons (Fsp3) is 0.318. The van der Waals surface area contributed by atoms with Gasteiger partial charge in [-0.15, -0.1) is 0 Å². The molecule has 0 fully saturated rings. The number of fused-ring (bicyclic) bond motifs is 1. The topological polar surface area (TPSA) is 64.0 Å². The molecule has 3 rings (SSSR count). The number of benzene rings is 2. The Hall–Kier alpha value is -2.60. The third-order valence-corrected chi connectivity index (χ3v) is 5.32. The zero-order valence-electron chi connectivity index (χ0n) is 16.7. The Morgan fingerprint density at radius 2 is 1.93 bits per heavy atom. The number of carbonyl (C=O) groups excluding carboxylic acids is 1. The number of thioether (sulfide) groups is 1. The molecular weight excluding hydrogens is 370 g/mol. The van der Waals surface area contributed by atoms with Gasteiger partial charge in [0.25, 0.3) is 5.56 Å². The van der Waals surface area contributed by atoms with E-state index in [1.807, 2.05) is 50.2 Å². The normalized spacial score (nSPS) is 11.2. The average molecular weight is 396 g/mol. The summed E-state index contributed by atoms with van der Waals surface area (Å²) in [5.41, 5.74) is 3.43. The Labute approximate surface area is 169 Å². The molecule has 0 unspecified atom stereocenters. The Morgan fingerprint density at radius 1 is 1.18 bits per heavy atom. The lowest BCUT2D eigenvalue weighted by Crippen LogP contribution is -2.29. The summed E-state index contributed by atoms with van der Waals surface area (Å²) in [6.07, 6.45) is 0. The number of hydrogen-bond donors (Lipinski definition) is 1. The molecule has 0 atom stereocenters. The van der Waals surface area contributed by atoms with Crippen molar-refractivity contribution in [1.29, 1.82) is 0 Å². The van der Waals surface area contributed by atoms with Crippen molar-refractivity contribution in [2.24, 2.45) is 5.92 Å². The minimum Gasteiger partial charge on any atom is -0.355 e. The molecular formula is C22H25N3O2S. The van der Waals surface area contributed by atoms with E-state index >= 15 is 0 Å². The highest BCUT2D eigenvalue weighted by molar-refractivity contribution is 7.99. The third-order valence-electron chi connectivity index (χ3n) is 4.38. The zero-order chi connectivity index (χ0) is 20.3. The molecule has 0 spiro atoms. The Bertz CT molecular complexity index is 1070. The molecule has 2 aromatic carbocycles. The van der Waals surface area contributed by atoms with Gasteiger partial charge in [-0.25, -0.2) is 4.98 Å². The second kappa shape index (κ2) is 8.61. The van der Waals surface area contributed by atoms with Crippen LogP contribution >= 0.6 is 11.8 Å². The number of amides is 1. The molecule has 0 bridgehead atoms. The first-order valence-corrected chi connectivity index (χ1v) is 10.3. The smallest absolute Gasteiger partial charge is 0.266 e. The summed E-state index contributed by atoms with van der Waals surface area (Å²) in [5.74, 6) is 0.539. The Kier molecular flexibility index (Phi) is 6.19. The minimum absolute atomic E-state index is 0.0618. The maximum absolute atomic E-state index is 13.3. The number of para-hydroxylation sites is 1. The van der Waals surface area contributed by atoms with Crippen LogP contribution in [-0.4, -0.2) is 27.8 Å². The van der Waals surface area contributed by atoms with Crippen LogP contribution < -0.4 is 10.9 Å². The molecule has 5 nitrogen and oxygen atoms in total. The van der Waals surface area contributed by atoms with E-state index in [-0.39, 0.29) is 17.2 Å². The Balaban J connectivity index is 2.05. The van der Waals surface area contributed by atoms with Crippen LogP contribution in [0.2, 0.25) is 0 Å². The monoisotopic (exact) mass is 395 g/mol. The van der Waals surface area contributed by atoms with Gasteiger partial charge in [0.15, 0.2) is 5.16 Å². The number of nitrogens with zero attached hydrogens (tertiary/aromatic N) is 2. The fourth-order valence-electron chi connectivity index (χ4n) is 2.98. The summed E-state index contributed by atoms with van der Waals surface area (Å²) in [6, 6.07) is 13.3. The second-order valence-electron chi connectivity index (χ2n) is 7.33. The van der Waals surface area contributed by atoms with Crippen molar-refractivity contribution < 1.29 is 4.79 Å². The molecule has 0 aliphatic carbocycles. The van der Waals surface area contributed by atoms with Gasteiger partial charge in [-0.1, -0.05) is 55.4 Å². The lowest BCUT2D eigenvalue weighted by molar-refractivity contribution is -0.118. The zero-order valence-corrected chi connectivity index (χ0v) is 17.5. The number of rotatable bonds is 6. The largest absolute Gasteiger partial charge is 0.355 e. The standard InChI is InChI=1S/C22H25N3O2S/c1-14(2)12-23-20(26)13-28-22-24-18-8-6-5-7-17(18)21(27)25(22)19-10-9-15(3)11-16(19)4/h5-11,14H,12-13H2,1-4H3,(H,23,26). The highest BCUT2D eigenvalue weighted by Crippen LogP contribution is 2.23. The highest BCUT2D eigenvalue weighted by atomic mass is 32.2. The third kappa shape index (κ3) is 4.44. The van der Waals surface area contributed by atoms with Gasteiger partial charge in [0.2, 0.25) is 5.91 Å². The molecule has 146 valence electrons. The first-order chi connectivity index (χ1) is 13.4. The lowest BCUT2D eigenvalue weighted by Gasteiger charge is -2.15. The molecule has 28 heavy (non-hydrogen) atoms. The molecule has 0 saturated carbocycles. The Morgan fingerprint density at radius 3 is 2.64 bits per heavy atom. The van der Waals surface area contributed by atoms with E-state index in [1.165, 1.54) is 11.8 Å². The summed E-state index contributed by atoms with van der Waals surface area (Å²) in [5, 5.41) is 4.00. The van der Waals surface area contributed by atoms with Crippen molar-refractivity contribution >= 4 is 28.6 Å². The molecule has 0 aliphatic heterocycles. The summed E-state index contributed by atoms with van der Waals surface area (Å²) in [6.45, 7) is 8.74. The summed E-state index contributed by atoms with van der Waals surface area (Å²) < 4.78 is 1.62. The van der Waals surface area contributed by atoms with Crippen LogP contribution in [-0.2, 0) is 4.79 Å². The quantitative estimate of drug-likeness (QED) is 0.508. The molecule has 1 heterocycles. The summed E-state index contributed by atoms with van der Waals surface area (Å²) in [4.78, 5) is 30.1. The van der Waals surface area contributed by atoms with Crippen LogP contribution in [0.1, 0.15) is 25.0 Å². The van der Waals surface area contributed by atoms with Gasteiger partial charge < -0.3 is 5.32 Å². The number of aryl methyl sites for hydroxylation is 2. The molecule has 0 aliphatic rings. The van der Waals surface area contributed by atoms with Gasteiger partial charge in [-0.3, -0.25) is 14.2 Å². The first kappa shape index (κ1) is 20.1. The number of nitrogens with one attached hydrogen (secondary N) is 1. The molecule has 1 amide bonds. The molecule has 6 heteroatoms. The van der Waals surface area contributed by atoms with Crippen LogP contribution in [0.15, 0.2) is 52.4 Å². The van der Waals surface area contributed by atoms with E-state index in [4.69, 9.17) is 0 Å². The van der Waals surface area contributed by atoms with Crippen LogP contribution in [0, 0.1) is 19.8 Å². The summed E-state index contributed by atoms with van der Waals surface area (Å²) >= 11 is 1.28. The number of aromatic nitrogens is 2.